The van der Waals surface area contributed by atoms with Gasteiger partial charge in [0.15, 0.2) is 5.60 Å². The molecular weight excluding hydrogens is 1630 g/mol. The number of aromatic nitrogens is 5. The maximum Gasteiger partial charge on any atom is 0.415 e. The Morgan fingerprint density at radius 3 is 1.90 bits per heavy atom. The standard InChI is InChI=1S/C87H116N14O24/c1-5-66-67-49-65(23-24-71(67)93-79-68(66)54-100-74(79)50-70-69(83(100)109)56-123-84(110)87(70,113)6-2)125-86(112)98(4)30-29-97(3)85(111)124-55-61-17-21-63(22-18-61)91-81(107)72(14-10-11-27-88)94-82(108)73(48-59-12-8-7-9-13-59)92-76(103)58-122-57-75(102)89-28-32-114-34-36-116-38-40-118-42-44-120-46-47-121-45-43-119-41-39-117-37-35-115-33-31-99-53-64(95-96-99)51-90-80(106)62-19-15-60(16-20-62)52-101-77(104)25-26-78(101)105/h7-9,12-13,17-18,21-26,49-50,53,60,62,72-73,113H,5-6,10-11,14-16,19-20,27-48,51-52,54-58,88H2,1-4H3,(H,89,102)(H,90,106)(H,91,107)(H,92,103)(H,94,108)/t60?,62?,72-,73-,87-/m0/s1. The van der Waals surface area contributed by atoms with Crippen LogP contribution >= 0.6 is 0 Å². The number of aryl methyl sites for hydroxylation is 1. The molecule has 6 aromatic rings. The first-order valence-electron chi connectivity index (χ1n) is 42.5. The molecule has 0 bridgehead atoms. The van der Waals surface area contributed by atoms with Gasteiger partial charge in [-0.05, 0) is 123 Å². The number of pyridine rings is 2. The molecule has 0 spiro atoms. The highest BCUT2D eigenvalue weighted by Crippen LogP contribution is 2.41. The number of likely N-dealkylation sites (N-methyl/N-ethyl adjacent to an activating group) is 2. The van der Waals surface area contributed by atoms with Gasteiger partial charge in [-0.25, -0.2) is 24.0 Å². The van der Waals surface area contributed by atoms with Gasteiger partial charge in [-0.15, -0.1) is 5.10 Å². The van der Waals surface area contributed by atoms with Crippen molar-refractivity contribution in [3.63, 3.8) is 0 Å². The first-order chi connectivity index (χ1) is 60.6. The van der Waals surface area contributed by atoms with E-state index in [1.165, 1.54) is 40.9 Å². The summed E-state index contributed by atoms with van der Waals surface area (Å²) in [4.78, 5) is 152. The van der Waals surface area contributed by atoms with Crippen LogP contribution in [-0.4, -0.2) is 282 Å². The lowest BCUT2D eigenvalue weighted by Crippen LogP contribution is -2.54. The van der Waals surface area contributed by atoms with Crippen molar-refractivity contribution in [3.05, 3.63) is 147 Å². The van der Waals surface area contributed by atoms with Gasteiger partial charge in [0.1, 0.15) is 50.0 Å². The Labute approximate surface area is 724 Å². The molecular formula is C87H116N14O24. The van der Waals surface area contributed by atoms with Crippen LogP contribution in [0.15, 0.2) is 102 Å². The Bertz CT molecular complexity index is 4660. The van der Waals surface area contributed by atoms with Crippen LogP contribution in [0.2, 0.25) is 0 Å². The Hall–Kier alpha value is -11.0. The zero-order valence-electron chi connectivity index (χ0n) is 71.4. The minimum Gasteiger partial charge on any atom is -0.458 e. The molecule has 38 nitrogen and oxygen atoms in total. The quantitative estimate of drug-likeness (QED) is 0.0163. The van der Waals surface area contributed by atoms with Crippen molar-refractivity contribution in [1.29, 1.82) is 0 Å². The molecule has 9 amide bonds. The molecule has 38 heteroatoms. The molecule has 4 aliphatic rings. The molecule has 8 N–H and O–H groups in total. The highest BCUT2D eigenvalue weighted by Gasteiger charge is 2.46. The number of nitrogens with zero attached hydrogens (tertiary/aromatic N) is 8. The van der Waals surface area contributed by atoms with Crippen molar-refractivity contribution in [2.45, 2.75) is 129 Å². The molecule has 1 saturated carbocycles. The minimum absolute atomic E-state index is 0.0194. The number of esters is 1. The van der Waals surface area contributed by atoms with Crippen molar-refractivity contribution in [2.24, 2.45) is 17.6 Å². The summed E-state index contributed by atoms with van der Waals surface area (Å²) in [5.74, 6) is -3.36. The van der Waals surface area contributed by atoms with Crippen LogP contribution in [0.3, 0.4) is 0 Å². The number of rotatable bonds is 55. The summed E-state index contributed by atoms with van der Waals surface area (Å²) < 4.78 is 69.8. The van der Waals surface area contributed by atoms with Crippen LogP contribution in [0.25, 0.3) is 22.3 Å². The third kappa shape index (κ3) is 29.3. The number of cyclic esters (lactones) is 1. The van der Waals surface area contributed by atoms with E-state index >= 15 is 0 Å². The van der Waals surface area contributed by atoms with Crippen LogP contribution in [0.4, 0.5) is 15.3 Å². The van der Waals surface area contributed by atoms with Crippen molar-refractivity contribution in [3.8, 4) is 17.1 Å². The van der Waals surface area contributed by atoms with Gasteiger partial charge in [-0.3, -0.25) is 43.3 Å². The van der Waals surface area contributed by atoms with Gasteiger partial charge in [0.05, 0.1) is 154 Å². The third-order valence-electron chi connectivity index (χ3n) is 21.5. The molecule has 3 atom stereocenters. The molecule has 0 saturated heterocycles. The lowest BCUT2D eigenvalue weighted by molar-refractivity contribution is -0.172. The lowest BCUT2D eigenvalue weighted by atomic mass is 9.81. The fourth-order valence-corrected chi connectivity index (χ4v) is 14.4. The van der Waals surface area contributed by atoms with Crippen LogP contribution in [0.5, 0.6) is 5.75 Å². The summed E-state index contributed by atoms with van der Waals surface area (Å²) in [6.45, 7) is 10.3. The van der Waals surface area contributed by atoms with Crippen molar-refractivity contribution < 1.29 is 110 Å². The topological polar surface area (TPSA) is 463 Å². The number of hydrogen-bond acceptors (Lipinski definition) is 28. The summed E-state index contributed by atoms with van der Waals surface area (Å²) in [5, 5.41) is 34.3. The zero-order chi connectivity index (χ0) is 88.9. The molecule has 1 aliphatic carbocycles. The van der Waals surface area contributed by atoms with E-state index in [4.69, 9.17) is 67.6 Å². The molecule has 3 aliphatic heterocycles. The molecule has 6 heterocycles. The van der Waals surface area contributed by atoms with Crippen LogP contribution < -0.4 is 42.6 Å². The van der Waals surface area contributed by atoms with E-state index in [9.17, 15) is 57.8 Å². The Morgan fingerprint density at radius 2 is 1.27 bits per heavy atom. The number of carbonyl (C=O) groups excluding carboxylic acids is 10. The Morgan fingerprint density at radius 1 is 0.656 bits per heavy atom. The second kappa shape index (κ2) is 50.2. The van der Waals surface area contributed by atoms with Gasteiger partial charge in [-0.1, -0.05) is 61.5 Å². The van der Waals surface area contributed by atoms with E-state index < -0.39 is 72.7 Å². The number of nitrogens with two attached hydrogens (primary N) is 1. The number of fused-ring (bicyclic) bond motifs is 5. The number of nitrogens with one attached hydrogen (secondary N) is 5. The molecule has 678 valence electrons. The number of anilines is 1. The summed E-state index contributed by atoms with van der Waals surface area (Å²) >= 11 is 0. The van der Waals surface area contributed by atoms with E-state index in [2.05, 4.69) is 36.9 Å². The number of hydrogen-bond donors (Lipinski definition) is 7. The number of amides is 9. The Kier molecular flexibility index (Phi) is 38.6. The first kappa shape index (κ1) is 96.2. The summed E-state index contributed by atoms with van der Waals surface area (Å²) in [6, 6.07) is 20.1. The molecule has 3 aromatic carbocycles. The van der Waals surface area contributed by atoms with Crippen molar-refractivity contribution >= 4 is 76.1 Å². The predicted molar refractivity (Wildman–Crippen MR) is 451 cm³/mol. The fourth-order valence-electron chi connectivity index (χ4n) is 14.4. The average Bonchev–Trinajstić information content (AvgIpc) is 1.57. The average molecular weight is 1740 g/mol. The van der Waals surface area contributed by atoms with Crippen molar-refractivity contribution in [1.82, 2.24) is 60.5 Å². The Balaban J connectivity index is 0.514. The van der Waals surface area contributed by atoms with Gasteiger partial charge >= 0.3 is 18.2 Å². The highest BCUT2D eigenvalue weighted by atomic mass is 16.6. The number of aliphatic hydroxyl groups is 1. The second-order valence-electron chi connectivity index (χ2n) is 30.4. The first-order valence-corrected chi connectivity index (χ1v) is 42.5. The van der Waals surface area contributed by atoms with Gasteiger partial charge in [-0.2, -0.15) is 0 Å². The molecule has 125 heavy (non-hydrogen) atoms. The largest absolute Gasteiger partial charge is 0.458 e. The molecule has 10 rings (SSSR count). The van der Waals surface area contributed by atoms with Gasteiger partial charge < -0.3 is 109 Å². The fraction of sp³-hybridized carbons (Fsp3) is 0.540. The normalized spacial score (nSPS) is 16.2. The number of imide groups is 1. The third-order valence-corrected chi connectivity index (χ3v) is 21.5. The molecule has 0 radical (unpaired) electrons. The van der Waals surface area contributed by atoms with E-state index in [0.717, 1.165) is 34.9 Å². The monoisotopic (exact) mass is 1740 g/mol. The van der Waals surface area contributed by atoms with E-state index in [0.29, 0.717) is 178 Å². The van der Waals surface area contributed by atoms with Crippen LogP contribution in [-0.2, 0) is 142 Å². The predicted octanol–water partition coefficient (Wildman–Crippen LogP) is 3.53. The number of benzene rings is 3. The van der Waals surface area contributed by atoms with Crippen LogP contribution in [0, 0.1) is 11.8 Å². The summed E-state index contributed by atoms with van der Waals surface area (Å²) in [6.07, 6.45) is 7.93. The number of unbranched alkanes of at least 4 members (excludes halogenated alkanes) is 1. The van der Waals surface area contributed by atoms with Gasteiger partial charge in [0, 0.05) is 87.0 Å². The number of carbonyl (C=O) groups is 10. The summed E-state index contributed by atoms with van der Waals surface area (Å²) in [7, 11) is 3.06. The van der Waals surface area contributed by atoms with E-state index in [-0.39, 0.29) is 130 Å². The maximum absolute atomic E-state index is 14.1. The smallest absolute Gasteiger partial charge is 0.415 e. The van der Waals surface area contributed by atoms with E-state index in [1.54, 1.807) is 95.2 Å². The lowest BCUT2D eigenvalue weighted by Gasteiger charge is -2.31. The van der Waals surface area contributed by atoms with Crippen LogP contribution in [0.1, 0.15) is 104 Å². The minimum atomic E-state index is -1.96. The second-order valence-corrected chi connectivity index (χ2v) is 30.4. The molecule has 3 aromatic heterocycles. The highest BCUT2D eigenvalue weighted by molar-refractivity contribution is 6.13. The van der Waals surface area contributed by atoms with E-state index in [1.807, 2.05) is 13.0 Å². The SMILES string of the molecule is CCc1c2c(nc3ccc(OC(=O)N(C)CCN(C)C(=O)OCc4ccc(NC(=O)[C@H](CCCCN)NC(=O)[C@H](Cc5ccccc5)NC(=O)COCC(=O)NCCOCCOCCOCCOCCOCCOCCOCCOCCn5cc(CNC(=O)C6CCC(CN7C(=O)C=CC7=O)CC6)nn5)cc4)cc13)-c1cc3c(c(=O)n1C2)COC(=O)[C@]3(O)CC. The van der Waals surface area contributed by atoms with Gasteiger partial charge in [0.25, 0.3) is 17.4 Å². The molecule has 1 fully saturated rings. The van der Waals surface area contributed by atoms with Gasteiger partial charge in [0.2, 0.25) is 29.5 Å². The molecule has 0 unspecified atom stereocenters. The number of ether oxygens (including phenoxy) is 12. The summed E-state index contributed by atoms with van der Waals surface area (Å²) in [5.41, 5.74) is 9.61. The zero-order valence-corrected chi connectivity index (χ0v) is 71.4. The van der Waals surface area contributed by atoms with Crippen molar-refractivity contribution in [2.75, 3.05) is 171 Å². The maximum atomic E-state index is 14.1.